The average molecular weight is 374 g/mol. The molecule has 6 nitrogen and oxygen atoms in total. The Morgan fingerprint density at radius 3 is 1.63 bits per heavy atom. The number of aliphatic carboxylic acids is 3. The molecule has 0 radical (unpaired) electrons. The molecular weight excluding hydrogens is 348 g/mol. The van der Waals surface area contributed by atoms with Crippen molar-refractivity contribution in [3.8, 4) is 0 Å². The molecule has 0 saturated carbocycles. The molecule has 27 heavy (non-hydrogen) atoms. The number of carbonyl (C=O) groups excluding carboxylic acids is 2. The third-order valence-electron chi connectivity index (χ3n) is 2.68. The van der Waals surface area contributed by atoms with Crippen LogP contribution >= 0.6 is 0 Å². The van der Waals surface area contributed by atoms with Gasteiger partial charge in [-0.25, -0.2) is 4.79 Å². The van der Waals surface area contributed by atoms with Crippen molar-refractivity contribution < 1.29 is 29.7 Å². The van der Waals surface area contributed by atoms with Gasteiger partial charge in [-0.2, -0.15) is 0 Å². The Labute approximate surface area is 160 Å². The zero-order chi connectivity index (χ0) is 21.8. The van der Waals surface area contributed by atoms with Gasteiger partial charge >= 0.3 is 5.97 Å². The molecule has 0 atom stereocenters. The van der Waals surface area contributed by atoms with Crippen LogP contribution in [0.3, 0.4) is 0 Å². The van der Waals surface area contributed by atoms with Crippen molar-refractivity contribution in [1.29, 1.82) is 0 Å². The number of carbonyl (C=O) groups is 3. The lowest BCUT2D eigenvalue weighted by molar-refractivity contribution is -0.300. The summed E-state index contributed by atoms with van der Waals surface area (Å²) >= 11 is 0. The molecular formula is C21H26O6-2. The summed E-state index contributed by atoms with van der Waals surface area (Å²) in [6, 6.07) is 10.0. The highest BCUT2D eigenvalue weighted by atomic mass is 16.4. The quantitative estimate of drug-likeness (QED) is 0.788. The molecule has 0 amide bonds. The molecule has 1 aromatic rings. The molecule has 1 aromatic carbocycles. The number of hydrogen-bond acceptors (Lipinski definition) is 5. The summed E-state index contributed by atoms with van der Waals surface area (Å²) in [5.41, 5.74) is 1.60. The summed E-state index contributed by atoms with van der Waals surface area (Å²) in [6.07, 6.45) is 4.62. The van der Waals surface area contributed by atoms with Gasteiger partial charge in [0.15, 0.2) is 0 Å². The number of allylic oxidation sites excluding steroid dienone is 1. The van der Waals surface area contributed by atoms with Crippen molar-refractivity contribution in [3.05, 3.63) is 78.9 Å². The van der Waals surface area contributed by atoms with E-state index in [9.17, 15) is 24.6 Å². The first-order valence-corrected chi connectivity index (χ1v) is 7.83. The van der Waals surface area contributed by atoms with Crippen LogP contribution in [0.2, 0.25) is 0 Å². The van der Waals surface area contributed by atoms with Gasteiger partial charge in [-0.15, -0.1) is 0 Å². The fourth-order valence-electron chi connectivity index (χ4n) is 0.851. The largest absolute Gasteiger partial charge is 0.545 e. The Bertz CT molecular complexity index is 642. The van der Waals surface area contributed by atoms with E-state index in [0.29, 0.717) is 6.42 Å². The van der Waals surface area contributed by atoms with Gasteiger partial charge in [-0.3, -0.25) is 0 Å². The smallest absolute Gasteiger partial charge is 0.327 e. The third kappa shape index (κ3) is 22.6. The van der Waals surface area contributed by atoms with E-state index in [0.717, 1.165) is 6.08 Å². The van der Waals surface area contributed by atoms with E-state index in [1.54, 1.807) is 13.8 Å². The van der Waals surface area contributed by atoms with Crippen LogP contribution in [-0.2, 0) is 14.4 Å². The number of benzene rings is 1. The van der Waals surface area contributed by atoms with Crippen LogP contribution in [-0.4, -0.2) is 23.0 Å². The average Bonchev–Trinajstić information content (AvgIpc) is 2.68. The van der Waals surface area contributed by atoms with E-state index in [1.807, 2.05) is 36.4 Å². The van der Waals surface area contributed by atoms with Gasteiger partial charge in [0.25, 0.3) is 0 Å². The van der Waals surface area contributed by atoms with E-state index < -0.39 is 17.9 Å². The second-order valence-electron chi connectivity index (χ2n) is 4.66. The van der Waals surface area contributed by atoms with Crippen LogP contribution in [0.4, 0.5) is 0 Å². The second-order valence-corrected chi connectivity index (χ2v) is 4.66. The fraction of sp³-hybridized carbons (Fsp3) is 0.190. The summed E-state index contributed by atoms with van der Waals surface area (Å²) in [7, 11) is 0. The fourth-order valence-corrected chi connectivity index (χ4v) is 0.851. The zero-order valence-corrected chi connectivity index (χ0v) is 15.9. The first-order chi connectivity index (χ1) is 12.6. The van der Waals surface area contributed by atoms with Crippen molar-refractivity contribution in [2.24, 2.45) is 0 Å². The Hall–Kier alpha value is -3.41. The standard InChI is InChI=1S/C8H8.2C5H8O2.C3H4O2/c1-2-8-6-4-3-5-7-8;2*1-3-4(2)5(6)7;1-2-3(4)5/h2-7H,1H2;3H,1-2H3,(H,6,7);2-3H2,1H3,(H,6,7);2H,1H2,(H,4,5)/p-2/b;4-3+;;. The van der Waals surface area contributed by atoms with Gasteiger partial charge in [0.05, 0.1) is 11.9 Å². The van der Waals surface area contributed by atoms with Gasteiger partial charge < -0.3 is 24.9 Å². The normalized spacial score (nSPS) is 8.78. The summed E-state index contributed by atoms with van der Waals surface area (Å²) in [5, 5.41) is 27.1. The van der Waals surface area contributed by atoms with Gasteiger partial charge in [0.1, 0.15) is 0 Å². The Balaban J connectivity index is -0.000000289. The molecule has 0 unspecified atom stereocenters. The Morgan fingerprint density at radius 1 is 1.07 bits per heavy atom. The lowest BCUT2D eigenvalue weighted by Gasteiger charge is -1.98. The maximum atomic E-state index is 9.75. The van der Waals surface area contributed by atoms with E-state index in [-0.39, 0.29) is 11.1 Å². The van der Waals surface area contributed by atoms with Crippen LogP contribution in [0, 0.1) is 0 Å². The summed E-state index contributed by atoms with van der Waals surface area (Å²) in [5.74, 6) is -3.23. The number of carboxylic acid groups (broad SMARTS) is 3. The van der Waals surface area contributed by atoms with Crippen LogP contribution in [0.25, 0.3) is 6.08 Å². The predicted octanol–water partition coefficient (Wildman–Crippen LogP) is 1.99. The SMILES string of the molecule is C/C=C(\C)C(=O)[O-].C=C(CC)C(=O)[O-].C=CC(=O)O.C=Cc1ccccc1. The van der Waals surface area contributed by atoms with E-state index in [4.69, 9.17) is 5.11 Å². The molecule has 0 spiro atoms. The van der Waals surface area contributed by atoms with Crippen molar-refractivity contribution in [2.75, 3.05) is 0 Å². The lowest BCUT2D eigenvalue weighted by atomic mass is 10.2. The summed E-state index contributed by atoms with van der Waals surface area (Å²) in [4.78, 5) is 28.7. The van der Waals surface area contributed by atoms with Crippen LogP contribution < -0.4 is 10.2 Å². The van der Waals surface area contributed by atoms with E-state index in [1.165, 1.54) is 18.6 Å². The molecule has 0 aliphatic heterocycles. The highest BCUT2D eigenvalue weighted by molar-refractivity contribution is 5.83. The molecule has 1 rings (SSSR count). The lowest BCUT2D eigenvalue weighted by Crippen LogP contribution is -2.23. The van der Waals surface area contributed by atoms with Gasteiger partial charge in [0.2, 0.25) is 0 Å². The van der Waals surface area contributed by atoms with Crippen LogP contribution in [0.15, 0.2) is 73.4 Å². The predicted molar refractivity (Wildman–Crippen MR) is 103 cm³/mol. The van der Waals surface area contributed by atoms with Crippen molar-refractivity contribution in [2.45, 2.75) is 27.2 Å². The molecule has 0 aromatic heterocycles. The minimum absolute atomic E-state index is 0.153. The van der Waals surface area contributed by atoms with Crippen LogP contribution in [0.1, 0.15) is 32.8 Å². The zero-order valence-electron chi connectivity index (χ0n) is 15.9. The molecule has 1 N–H and O–H groups in total. The van der Waals surface area contributed by atoms with Gasteiger partial charge in [0, 0.05) is 6.08 Å². The molecule has 6 heteroatoms. The summed E-state index contributed by atoms with van der Waals surface area (Å²) < 4.78 is 0. The van der Waals surface area contributed by atoms with Crippen molar-refractivity contribution in [3.63, 3.8) is 0 Å². The molecule has 0 heterocycles. The van der Waals surface area contributed by atoms with Crippen molar-refractivity contribution >= 4 is 24.0 Å². The molecule has 0 fully saturated rings. The summed E-state index contributed by atoms with van der Waals surface area (Å²) in [6.45, 7) is 14.7. The number of hydrogen-bond donors (Lipinski definition) is 1. The third-order valence-corrected chi connectivity index (χ3v) is 2.68. The highest BCUT2D eigenvalue weighted by Crippen LogP contribution is 1.97. The van der Waals surface area contributed by atoms with Crippen molar-refractivity contribution in [1.82, 2.24) is 0 Å². The topological polar surface area (TPSA) is 118 Å². The minimum Gasteiger partial charge on any atom is -0.545 e. The Morgan fingerprint density at radius 2 is 1.52 bits per heavy atom. The maximum Gasteiger partial charge on any atom is 0.327 e. The first kappa shape index (κ1) is 28.4. The first-order valence-electron chi connectivity index (χ1n) is 7.83. The second kappa shape index (κ2) is 18.9. The van der Waals surface area contributed by atoms with Gasteiger partial charge in [-0.1, -0.05) is 69.1 Å². The molecule has 0 aliphatic carbocycles. The van der Waals surface area contributed by atoms with E-state index >= 15 is 0 Å². The molecule has 0 bridgehead atoms. The number of rotatable bonds is 5. The van der Waals surface area contributed by atoms with Crippen LogP contribution in [0.5, 0.6) is 0 Å². The van der Waals surface area contributed by atoms with E-state index in [2.05, 4.69) is 19.7 Å². The minimum atomic E-state index is -1.15. The van der Waals surface area contributed by atoms with Gasteiger partial charge in [-0.05, 0) is 37.0 Å². The molecule has 148 valence electrons. The maximum absolute atomic E-state index is 9.75. The molecule has 0 aliphatic rings. The Kier molecular flexibility index (Phi) is 19.9. The number of carboxylic acids is 3. The molecule has 0 saturated heterocycles. The monoisotopic (exact) mass is 374 g/mol. The highest BCUT2D eigenvalue weighted by Gasteiger charge is 1.85.